The summed E-state index contributed by atoms with van der Waals surface area (Å²) in [7, 11) is 0. The summed E-state index contributed by atoms with van der Waals surface area (Å²) in [5, 5.41) is 3.11. The highest BCUT2D eigenvalue weighted by atomic mass is 16.5. The van der Waals surface area contributed by atoms with Gasteiger partial charge in [-0.15, -0.1) is 0 Å². The van der Waals surface area contributed by atoms with Crippen LogP contribution in [0.4, 0.5) is 0 Å². The zero-order valence-electron chi connectivity index (χ0n) is 16.4. The molecule has 3 aromatic rings. The summed E-state index contributed by atoms with van der Waals surface area (Å²) in [5.74, 6) is 1.59. The van der Waals surface area contributed by atoms with Crippen LogP contribution in [-0.2, 0) is 6.61 Å². The second kappa shape index (κ2) is 9.43. The van der Waals surface area contributed by atoms with Gasteiger partial charge in [0.25, 0.3) is 5.91 Å². The van der Waals surface area contributed by atoms with Crippen molar-refractivity contribution in [3.8, 4) is 5.75 Å². The second-order valence-corrected chi connectivity index (χ2v) is 7.24. The molecule has 1 saturated heterocycles. The van der Waals surface area contributed by atoms with Crippen LogP contribution < -0.4 is 10.1 Å². The number of carbonyl (C=O) groups is 1. The Hall–Kier alpha value is -3.05. The van der Waals surface area contributed by atoms with E-state index in [1.54, 1.807) is 6.26 Å². The van der Waals surface area contributed by atoms with Crippen LogP contribution in [0.1, 0.15) is 40.6 Å². The smallest absolute Gasteiger partial charge is 0.251 e. The normalized spacial score (nSPS) is 15.2. The number of nitrogens with zero attached hydrogens (tertiary/aromatic N) is 1. The van der Waals surface area contributed by atoms with Crippen LogP contribution in [0.15, 0.2) is 77.4 Å². The lowest BCUT2D eigenvalue weighted by Crippen LogP contribution is -2.37. The maximum atomic E-state index is 12.9. The van der Waals surface area contributed by atoms with E-state index in [4.69, 9.17) is 9.15 Å². The van der Waals surface area contributed by atoms with Crippen LogP contribution in [-0.4, -0.2) is 30.4 Å². The third-order valence-corrected chi connectivity index (χ3v) is 5.31. The number of benzene rings is 2. The van der Waals surface area contributed by atoms with Gasteiger partial charge in [-0.25, -0.2) is 0 Å². The fourth-order valence-corrected chi connectivity index (χ4v) is 3.77. The Morgan fingerprint density at radius 2 is 1.76 bits per heavy atom. The van der Waals surface area contributed by atoms with Crippen LogP contribution in [0.5, 0.6) is 5.75 Å². The largest absolute Gasteiger partial charge is 0.489 e. The fourth-order valence-electron chi connectivity index (χ4n) is 3.77. The number of hydrogen-bond donors (Lipinski definition) is 1. The number of likely N-dealkylation sites (tertiary alicyclic amines) is 1. The van der Waals surface area contributed by atoms with Gasteiger partial charge in [-0.2, -0.15) is 0 Å². The minimum atomic E-state index is -0.0898. The molecule has 0 radical (unpaired) electrons. The molecule has 1 aromatic heterocycles. The summed E-state index contributed by atoms with van der Waals surface area (Å²) < 4.78 is 11.5. The highest BCUT2D eigenvalue weighted by molar-refractivity contribution is 5.95. The third-order valence-electron chi connectivity index (χ3n) is 5.31. The maximum absolute atomic E-state index is 12.9. The number of rotatable bonds is 8. The zero-order chi connectivity index (χ0) is 19.9. The summed E-state index contributed by atoms with van der Waals surface area (Å²) in [6.45, 7) is 2.92. The molecular weight excluding hydrogens is 364 g/mol. The molecule has 5 heteroatoms. The molecule has 1 amide bonds. The SMILES string of the molecule is O=C(NCC(c1ccco1)N1CCCC1)c1ccccc1COc1ccccc1. The molecule has 150 valence electrons. The monoisotopic (exact) mass is 390 g/mol. The van der Waals surface area contributed by atoms with Gasteiger partial charge in [-0.05, 0) is 56.3 Å². The van der Waals surface area contributed by atoms with Crippen LogP contribution in [0.3, 0.4) is 0 Å². The van der Waals surface area contributed by atoms with Gasteiger partial charge in [0.1, 0.15) is 18.1 Å². The first-order valence-electron chi connectivity index (χ1n) is 10.1. The third kappa shape index (κ3) is 4.87. The topological polar surface area (TPSA) is 54.7 Å². The van der Waals surface area contributed by atoms with Crippen LogP contribution in [0.2, 0.25) is 0 Å². The molecule has 1 atom stereocenters. The van der Waals surface area contributed by atoms with Crippen LogP contribution in [0.25, 0.3) is 0 Å². The van der Waals surface area contributed by atoms with Gasteiger partial charge < -0.3 is 14.5 Å². The van der Waals surface area contributed by atoms with Crippen molar-refractivity contribution < 1.29 is 13.9 Å². The Labute approximate surface area is 171 Å². The fraction of sp³-hybridized carbons (Fsp3) is 0.292. The molecule has 2 heterocycles. The standard InChI is InChI=1S/C24H26N2O3/c27-24(25-17-22(23-13-8-16-28-23)26-14-6-7-15-26)21-12-5-4-9-19(21)18-29-20-10-2-1-3-11-20/h1-5,8-13,16,22H,6-7,14-15,17-18H2,(H,25,27). The molecule has 5 nitrogen and oxygen atoms in total. The van der Waals surface area contributed by atoms with Crippen molar-refractivity contribution in [2.45, 2.75) is 25.5 Å². The van der Waals surface area contributed by atoms with Gasteiger partial charge in [0.05, 0.1) is 12.3 Å². The Kier molecular flexibility index (Phi) is 6.27. The van der Waals surface area contributed by atoms with Gasteiger partial charge in [0, 0.05) is 17.7 Å². The lowest BCUT2D eigenvalue weighted by molar-refractivity contribution is 0.0931. The van der Waals surface area contributed by atoms with E-state index >= 15 is 0 Å². The molecule has 1 unspecified atom stereocenters. The minimum Gasteiger partial charge on any atom is -0.489 e. The quantitative estimate of drug-likeness (QED) is 0.618. The molecule has 0 saturated carbocycles. The van der Waals surface area contributed by atoms with Crippen LogP contribution >= 0.6 is 0 Å². The first kappa shape index (κ1) is 19.3. The van der Waals surface area contributed by atoms with E-state index in [1.807, 2.05) is 66.7 Å². The molecule has 1 aliphatic rings. The Morgan fingerprint density at radius 1 is 1.00 bits per heavy atom. The lowest BCUT2D eigenvalue weighted by atomic mass is 10.1. The average molecular weight is 390 g/mol. The van der Waals surface area contributed by atoms with Gasteiger partial charge >= 0.3 is 0 Å². The molecule has 0 bridgehead atoms. The Balaban J connectivity index is 1.42. The summed E-state index contributed by atoms with van der Waals surface area (Å²) in [4.78, 5) is 15.3. The molecule has 0 aliphatic carbocycles. The molecule has 1 fully saturated rings. The van der Waals surface area contributed by atoms with Gasteiger partial charge in [-0.1, -0.05) is 36.4 Å². The van der Waals surface area contributed by atoms with E-state index in [-0.39, 0.29) is 11.9 Å². The number of furan rings is 1. The Morgan fingerprint density at radius 3 is 2.52 bits per heavy atom. The highest BCUT2D eigenvalue weighted by Crippen LogP contribution is 2.25. The van der Waals surface area contributed by atoms with E-state index in [2.05, 4.69) is 10.2 Å². The van der Waals surface area contributed by atoms with E-state index in [0.717, 1.165) is 30.2 Å². The number of carbonyl (C=O) groups excluding carboxylic acids is 1. The molecular formula is C24H26N2O3. The van der Waals surface area contributed by atoms with E-state index < -0.39 is 0 Å². The first-order chi connectivity index (χ1) is 14.3. The van der Waals surface area contributed by atoms with Gasteiger partial charge in [0.2, 0.25) is 0 Å². The van der Waals surface area contributed by atoms with Gasteiger partial charge in [-0.3, -0.25) is 9.69 Å². The summed E-state index contributed by atoms with van der Waals surface area (Å²) in [5.41, 5.74) is 1.51. The summed E-state index contributed by atoms with van der Waals surface area (Å²) >= 11 is 0. The zero-order valence-corrected chi connectivity index (χ0v) is 16.4. The first-order valence-corrected chi connectivity index (χ1v) is 10.1. The number of ether oxygens (including phenoxy) is 1. The predicted octanol–water partition coefficient (Wildman–Crippen LogP) is 4.43. The van der Waals surface area contributed by atoms with E-state index in [0.29, 0.717) is 18.7 Å². The van der Waals surface area contributed by atoms with E-state index in [9.17, 15) is 4.79 Å². The molecule has 4 rings (SSSR count). The molecule has 1 aliphatic heterocycles. The molecule has 29 heavy (non-hydrogen) atoms. The van der Waals surface area contributed by atoms with Crippen molar-refractivity contribution in [3.63, 3.8) is 0 Å². The Bertz CT molecular complexity index is 903. The summed E-state index contributed by atoms with van der Waals surface area (Å²) in [6.07, 6.45) is 4.06. The predicted molar refractivity (Wildman–Crippen MR) is 112 cm³/mol. The number of hydrogen-bond acceptors (Lipinski definition) is 4. The molecule has 2 aromatic carbocycles. The lowest BCUT2D eigenvalue weighted by Gasteiger charge is -2.26. The van der Waals surface area contributed by atoms with Crippen molar-refractivity contribution >= 4 is 5.91 Å². The van der Waals surface area contributed by atoms with Crippen LogP contribution in [0, 0.1) is 0 Å². The van der Waals surface area contributed by atoms with Crippen molar-refractivity contribution in [1.29, 1.82) is 0 Å². The minimum absolute atomic E-state index is 0.0594. The number of nitrogens with one attached hydrogen (secondary N) is 1. The van der Waals surface area contributed by atoms with Crippen molar-refractivity contribution in [3.05, 3.63) is 89.9 Å². The number of amides is 1. The summed E-state index contributed by atoms with van der Waals surface area (Å²) in [6, 6.07) is 21.2. The number of para-hydroxylation sites is 1. The average Bonchev–Trinajstić information content (AvgIpc) is 3.48. The second-order valence-electron chi connectivity index (χ2n) is 7.24. The van der Waals surface area contributed by atoms with Crippen molar-refractivity contribution in [2.24, 2.45) is 0 Å². The highest BCUT2D eigenvalue weighted by Gasteiger charge is 2.26. The van der Waals surface area contributed by atoms with E-state index in [1.165, 1.54) is 12.8 Å². The van der Waals surface area contributed by atoms with Gasteiger partial charge in [0.15, 0.2) is 0 Å². The molecule has 1 N–H and O–H groups in total. The maximum Gasteiger partial charge on any atom is 0.251 e. The van der Waals surface area contributed by atoms with Crippen molar-refractivity contribution in [1.82, 2.24) is 10.2 Å². The molecule has 0 spiro atoms. The van der Waals surface area contributed by atoms with Crippen molar-refractivity contribution in [2.75, 3.05) is 19.6 Å².